The van der Waals surface area contributed by atoms with Crippen LogP contribution in [-0.4, -0.2) is 31.0 Å². The van der Waals surface area contributed by atoms with Crippen molar-refractivity contribution in [2.24, 2.45) is 7.05 Å². The molecule has 0 radical (unpaired) electrons. The Labute approximate surface area is 148 Å². The molecule has 1 aliphatic heterocycles. The van der Waals surface area contributed by atoms with Crippen molar-refractivity contribution >= 4 is 23.5 Å². The molecule has 1 N–H and O–H groups in total. The molecule has 0 fully saturated rings. The number of nitrogens with one attached hydrogen (secondary N) is 1. The minimum absolute atomic E-state index is 0.0974. The van der Waals surface area contributed by atoms with Crippen LogP contribution in [0.25, 0.3) is 5.69 Å². The van der Waals surface area contributed by atoms with E-state index in [2.05, 4.69) is 15.4 Å². The average molecular weight is 357 g/mol. The molecule has 4 rings (SSSR count). The predicted molar refractivity (Wildman–Crippen MR) is 94.4 cm³/mol. The lowest BCUT2D eigenvalue weighted by molar-refractivity contribution is -0.113. The van der Waals surface area contributed by atoms with Crippen molar-refractivity contribution in [3.05, 3.63) is 59.6 Å². The number of rotatable bonds is 2. The fourth-order valence-corrected chi connectivity index (χ4v) is 4.14. The zero-order valence-corrected chi connectivity index (χ0v) is 14.5. The van der Waals surface area contributed by atoms with E-state index in [4.69, 9.17) is 0 Å². The number of amides is 1. The van der Waals surface area contributed by atoms with Gasteiger partial charge in [-0.3, -0.25) is 14.0 Å². The number of thioether (sulfide) groups is 1. The summed E-state index contributed by atoms with van der Waals surface area (Å²) in [7, 11) is 1.88. The molecule has 0 spiro atoms. The maximum atomic E-state index is 13.7. The quantitative estimate of drug-likeness (QED) is 0.766. The highest BCUT2D eigenvalue weighted by Crippen LogP contribution is 2.42. The van der Waals surface area contributed by atoms with E-state index < -0.39 is 0 Å². The topological polar surface area (TPSA) is 64.7 Å². The van der Waals surface area contributed by atoms with Gasteiger partial charge in [-0.1, -0.05) is 6.07 Å². The Morgan fingerprint density at radius 2 is 2.24 bits per heavy atom. The lowest BCUT2D eigenvalue weighted by Gasteiger charge is -2.17. The van der Waals surface area contributed by atoms with Crippen molar-refractivity contribution in [3.8, 4) is 5.69 Å². The first kappa shape index (κ1) is 15.9. The van der Waals surface area contributed by atoms with E-state index >= 15 is 0 Å². The number of carbonyl (C=O) groups is 1. The molecule has 0 saturated heterocycles. The number of imidazole rings is 1. The van der Waals surface area contributed by atoms with Crippen molar-refractivity contribution in [2.75, 3.05) is 11.1 Å². The summed E-state index contributed by atoms with van der Waals surface area (Å²) in [5, 5.41) is 7.03. The summed E-state index contributed by atoms with van der Waals surface area (Å²) in [5.74, 6) is 0.407. The number of nitrogens with zero attached hydrogens (tertiary/aromatic N) is 4. The molecule has 1 atom stereocenters. The molecule has 2 aromatic heterocycles. The van der Waals surface area contributed by atoms with Gasteiger partial charge in [-0.2, -0.15) is 5.10 Å². The molecule has 128 valence electrons. The van der Waals surface area contributed by atoms with Crippen LogP contribution in [0, 0.1) is 12.7 Å². The van der Waals surface area contributed by atoms with Gasteiger partial charge in [-0.15, -0.1) is 11.8 Å². The second-order valence-electron chi connectivity index (χ2n) is 5.88. The van der Waals surface area contributed by atoms with Crippen LogP contribution in [-0.2, 0) is 11.8 Å². The van der Waals surface area contributed by atoms with Gasteiger partial charge in [0, 0.05) is 24.0 Å². The normalized spacial score (nSPS) is 17.1. The predicted octanol–water partition coefficient (Wildman–Crippen LogP) is 2.83. The Kier molecular flexibility index (Phi) is 3.84. The summed E-state index contributed by atoms with van der Waals surface area (Å²) in [6.07, 6.45) is 3.43. The lowest BCUT2D eigenvalue weighted by atomic mass is 10.1. The SMILES string of the molecule is Cc1c([C@@H]2SCC(=O)Nc3ncn(-c4cccc(F)c4)c32)cnn1C. The first-order chi connectivity index (χ1) is 12.0. The number of aryl methyl sites for hydroxylation is 1. The molecule has 0 bridgehead atoms. The summed E-state index contributed by atoms with van der Waals surface area (Å²) >= 11 is 1.51. The van der Waals surface area contributed by atoms with Gasteiger partial charge in [-0.05, 0) is 25.1 Å². The van der Waals surface area contributed by atoms with Gasteiger partial charge >= 0.3 is 0 Å². The number of aromatic nitrogens is 4. The summed E-state index contributed by atoms with van der Waals surface area (Å²) < 4.78 is 17.3. The summed E-state index contributed by atoms with van der Waals surface area (Å²) in [6, 6.07) is 6.32. The molecule has 1 aliphatic rings. The molecule has 25 heavy (non-hydrogen) atoms. The van der Waals surface area contributed by atoms with Crippen molar-refractivity contribution in [1.29, 1.82) is 0 Å². The van der Waals surface area contributed by atoms with Crippen molar-refractivity contribution in [3.63, 3.8) is 0 Å². The zero-order chi connectivity index (χ0) is 17.6. The Balaban J connectivity index is 1.91. The van der Waals surface area contributed by atoms with Gasteiger partial charge < -0.3 is 5.32 Å². The molecular weight excluding hydrogens is 341 g/mol. The van der Waals surface area contributed by atoms with Crippen molar-refractivity contribution in [2.45, 2.75) is 12.2 Å². The zero-order valence-electron chi connectivity index (χ0n) is 13.7. The number of hydrogen-bond donors (Lipinski definition) is 1. The molecule has 0 aliphatic carbocycles. The molecule has 0 unspecified atom stereocenters. The third-order valence-electron chi connectivity index (χ3n) is 4.33. The Hall–Kier alpha value is -2.61. The van der Waals surface area contributed by atoms with Gasteiger partial charge in [-0.25, -0.2) is 9.37 Å². The van der Waals surface area contributed by atoms with Crippen LogP contribution in [0.2, 0.25) is 0 Å². The third kappa shape index (κ3) is 2.72. The Morgan fingerprint density at radius 1 is 1.40 bits per heavy atom. The second kappa shape index (κ2) is 6.03. The van der Waals surface area contributed by atoms with Crippen molar-refractivity contribution < 1.29 is 9.18 Å². The van der Waals surface area contributed by atoms with Crippen LogP contribution < -0.4 is 5.32 Å². The molecule has 6 nitrogen and oxygen atoms in total. The standard InChI is InChI=1S/C17H16FN5OS/c1-10-13(7-20-22(10)2)16-15-17(21-14(24)8-25-16)19-9-23(15)12-5-3-4-11(18)6-12/h3-7,9,16H,8H2,1-2H3,(H,21,24)/t16-/m0/s1. The molecule has 1 amide bonds. The number of halogens is 1. The van der Waals surface area contributed by atoms with Gasteiger partial charge in [0.1, 0.15) is 12.1 Å². The van der Waals surface area contributed by atoms with Crippen LogP contribution in [0.4, 0.5) is 10.2 Å². The van der Waals surface area contributed by atoms with E-state index in [1.54, 1.807) is 17.1 Å². The molecule has 3 heterocycles. The molecule has 8 heteroatoms. The molecule has 0 saturated carbocycles. The number of benzene rings is 1. The van der Waals surface area contributed by atoms with E-state index in [-0.39, 0.29) is 17.0 Å². The summed E-state index contributed by atoms with van der Waals surface area (Å²) in [6.45, 7) is 1.99. The monoisotopic (exact) mass is 357 g/mol. The van der Waals surface area contributed by atoms with E-state index in [0.717, 1.165) is 17.0 Å². The van der Waals surface area contributed by atoms with Gasteiger partial charge in [0.15, 0.2) is 5.82 Å². The average Bonchev–Trinajstić information content (AvgIpc) is 3.09. The van der Waals surface area contributed by atoms with Gasteiger partial charge in [0.2, 0.25) is 5.91 Å². The van der Waals surface area contributed by atoms with E-state index in [1.807, 2.05) is 30.8 Å². The van der Waals surface area contributed by atoms with Crippen LogP contribution in [0.5, 0.6) is 0 Å². The highest BCUT2D eigenvalue weighted by Gasteiger charge is 2.31. The van der Waals surface area contributed by atoms with E-state index in [0.29, 0.717) is 17.3 Å². The second-order valence-corrected chi connectivity index (χ2v) is 6.97. The minimum atomic E-state index is -0.320. The maximum Gasteiger partial charge on any atom is 0.235 e. The van der Waals surface area contributed by atoms with Crippen LogP contribution in [0.1, 0.15) is 22.2 Å². The maximum absolute atomic E-state index is 13.7. The molecule has 3 aromatic rings. The highest BCUT2D eigenvalue weighted by atomic mass is 32.2. The molecule has 1 aromatic carbocycles. The molecular formula is C17H16FN5OS. The van der Waals surface area contributed by atoms with Crippen LogP contribution >= 0.6 is 11.8 Å². The summed E-state index contributed by atoms with van der Waals surface area (Å²) in [5.41, 5.74) is 3.52. The Morgan fingerprint density at radius 3 is 2.96 bits per heavy atom. The lowest BCUT2D eigenvalue weighted by Crippen LogP contribution is -2.12. The van der Waals surface area contributed by atoms with Crippen LogP contribution in [0.15, 0.2) is 36.8 Å². The van der Waals surface area contributed by atoms with Crippen LogP contribution in [0.3, 0.4) is 0 Å². The van der Waals surface area contributed by atoms with Crippen molar-refractivity contribution in [1.82, 2.24) is 19.3 Å². The Bertz CT molecular complexity index is 964. The minimum Gasteiger partial charge on any atom is -0.308 e. The van der Waals surface area contributed by atoms with Gasteiger partial charge in [0.05, 0.1) is 22.9 Å². The third-order valence-corrected chi connectivity index (χ3v) is 5.57. The number of anilines is 1. The van der Waals surface area contributed by atoms with Gasteiger partial charge in [0.25, 0.3) is 0 Å². The smallest absolute Gasteiger partial charge is 0.235 e. The fraction of sp³-hybridized carbons (Fsp3) is 0.235. The fourth-order valence-electron chi connectivity index (χ4n) is 2.95. The first-order valence-electron chi connectivity index (χ1n) is 7.77. The van der Waals surface area contributed by atoms with E-state index in [9.17, 15) is 9.18 Å². The van der Waals surface area contributed by atoms with E-state index in [1.165, 1.54) is 23.9 Å². The number of carbonyl (C=O) groups excluding carboxylic acids is 1. The number of hydrogen-bond acceptors (Lipinski definition) is 4. The summed E-state index contributed by atoms with van der Waals surface area (Å²) in [4.78, 5) is 16.4. The first-order valence-corrected chi connectivity index (χ1v) is 8.82. The number of fused-ring (bicyclic) bond motifs is 1. The highest BCUT2D eigenvalue weighted by molar-refractivity contribution is 8.00. The largest absolute Gasteiger partial charge is 0.308 e.